The average Bonchev–Trinajstić information content (AvgIpc) is 2.97. The van der Waals surface area contributed by atoms with E-state index in [4.69, 9.17) is 0 Å². The van der Waals surface area contributed by atoms with Gasteiger partial charge in [-0.2, -0.15) is 21.9 Å². The van der Waals surface area contributed by atoms with Gasteiger partial charge in [0.15, 0.2) is 0 Å². The summed E-state index contributed by atoms with van der Waals surface area (Å²) >= 11 is 0. The minimum absolute atomic E-state index is 1.08. The van der Waals surface area contributed by atoms with E-state index in [1.807, 2.05) is 6.07 Å². The first kappa shape index (κ1) is 25.1. The molecule has 0 radical (unpaired) electrons. The molecule has 0 bridgehead atoms. The van der Waals surface area contributed by atoms with E-state index in [0.29, 0.717) is 0 Å². The summed E-state index contributed by atoms with van der Waals surface area (Å²) in [5, 5.41) is 0. The summed E-state index contributed by atoms with van der Waals surface area (Å²) in [5.41, 5.74) is 6.67. The normalized spacial score (nSPS) is 10.7. The maximum absolute atomic E-state index is 2.33. The second kappa shape index (κ2) is 12.6. The molecule has 0 N–H and O–H groups in total. The van der Waals surface area contributed by atoms with E-state index in [0.717, 1.165) is 13.1 Å². The fourth-order valence-electron chi connectivity index (χ4n) is 5.35. The molecule has 0 saturated heterocycles. The van der Waals surface area contributed by atoms with Crippen molar-refractivity contribution in [1.82, 2.24) is 0 Å². The average molecular weight is 468 g/mol. The summed E-state index contributed by atoms with van der Waals surface area (Å²) in [6.45, 7) is 6.52. The molecule has 2 heteroatoms. The van der Waals surface area contributed by atoms with Crippen molar-refractivity contribution in [3.05, 3.63) is 152 Å². The van der Waals surface area contributed by atoms with Crippen LogP contribution in [0.1, 0.15) is 13.8 Å². The van der Waals surface area contributed by atoms with Crippen LogP contribution in [0, 0.1) is 0 Å². The van der Waals surface area contributed by atoms with E-state index < -0.39 is 6.15 Å². The molecule has 0 heterocycles. The minimum Gasteiger partial charge on any atom is -0.372 e. The summed E-state index contributed by atoms with van der Waals surface area (Å²) in [7, 11) is 0. The van der Waals surface area contributed by atoms with Gasteiger partial charge in [0.1, 0.15) is 6.15 Å². The highest BCUT2D eigenvalue weighted by Crippen LogP contribution is 2.11. The molecule has 0 aromatic heterocycles. The van der Waals surface area contributed by atoms with Crippen LogP contribution in [0.4, 0.5) is 5.69 Å². The summed E-state index contributed by atoms with van der Waals surface area (Å²) in [5.74, 6) is 0. The fourth-order valence-corrected chi connectivity index (χ4v) is 5.35. The Morgan fingerprint density at radius 1 is 0.389 bits per heavy atom. The van der Waals surface area contributed by atoms with Crippen LogP contribution in [0.3, 0.4) is 0 Å². The summed E-state index contributed by atoms with van der Waals surface area (Å²) in [4.78, 5) is 2.33. The van der Waals surface area contributed by atoms with Gasteiger partial charge in [0.25, 0.3) is 0 Å². The topological polar surface area (TPSA) is 3.24 Å². The maximum atomic E-state index is 2.33. The molecule has 5 rings (SSSR count). The first-order valence-electron chi connectivity index (χ1n) is 13.0. The summed E-state index contributed by atoms with van der Waals surface area (Å²) in [6, 6.07) is 54.0. The summed E-state index contributed by atoms with van der Waals surface area (Å²) in [6.07, 6.45) is -1.22. The second-order valence-electron chi connectivity index (χ2n) is 9.02. The van der Waals surface area contributed by atoms with Crippen LogP contribution in [0.15, 0.2) is 152 Å². The van der Waals surface area contributed by atoms with Gasteiger partial charge >= 0.3 is 0 Å². The van der Waals surface area contributed by atoms with E-state index in [9.17, 15) is 0 Å². The standard InChI is InChI=1S/C24H20B.C10H15N/c1-5-13-21(14-6-1)25(22-15-7-2-8-16-22,23-17-9-3-10-18-23)24-19-11-4-12-20-24;1-3-11(4-2)10-8-6-5-7-9-10/h1-20H;5-9H,3-4H2,1-2H3/q-1;. The van der Waals surface area contributed by atoms with Crippen molar-refractivity contribution in [2.75, 3.05) is 18.0 Å². The van der Waals surface area contributed by atoms with Crippen molar-refractivity contribution in [2.24, 2.45) is 0 Å². The smallest absolute Gasteiger partial charge is 0.108 e. The van der Waals surface area contributed by atoms with Crippen molar-refractivity contribution in [3.8, 4) is 0 Å². The number of nitrogens with zero attached hydrogens (tertiary/aromatic N) is 1. The SMILES string of the molecule is CCN(CC)c1ccccc1.c1ccc([B-](c2ccccc2)(c2ccccc2)c2ccccc2)cc1. The van der Waals surface area contributed by atoms with Crippen molar-refractivity contribution >= 4 is 33.7 Å². The Hall–Kier alpha value is -4.04. The van der Waals surface area contributed by atoms with Crippen LogP contribution < -0.4 is 26.8 Å². The number of hydrogen-bond donors (Lipinski definition) is 0. The molecule has 0 aliphatic rings. The highest BCUT2D eigenvalue weighted by Gasteiger charge is 2.30. The van der Waals surface area contributed by atoms with Gasteiger partial charge in [-0.05, 0) is 26.0 Å². The molecule has 0 atom stereocenters. The molecule has 0 aliphatic heterocycles. The third-order valence-corrected chi connectivity index (χ3v) is 7.08. The van der Waals surface area contributed by atoms with Gasteiger partial charge in [0, 0.05) is 18.8 Å². The zero-order valence-corrected chi connectivity index (χ0v) is 21.4. The molecule has 1 nitrogen and oxygen atoms in total. The third kappa shape index (κ3) is 5.44. The van der Waals surface area contributed by atoms with E-state index >= 15 is 0 Å². The van der Waals surface area contributed by atoms with E-state index in [1.54, 1.807) is 0 Å². The maximum Gasteiger partial charge on any atom is 0.108 e. The van der Waals surface area contributed by atoms with Crippen LogP contribution in [-0.4, -0.2) is 19.2 Å². The van der Waals surface area contributed by atoms with Crippen LogP contribution in [0.25, 0.3) is 0 Å². The highest BCUT2D eigenvalue weighted by atomic mass is 15.1. The van der Waals surface area contributed by atoms with E-state index in [2.05, 4.69) is 164 Å². The minimum atomic E-state index is -1.22. The lowest BCUT2D eigenvalue weighted by atomic mass is 9.13. The van der Waals surface area contributed by atoms with Crippen LogP contribution in [0.5, 0.6) is 0 Å². The van der Waals surface area contributed by atoms with Gasteiger partial charge in [-0.1, -0.05) is 140 Å². The largest absolute Gasteiger partial charge is 0.372 e. The highest BCUT2D eigenvalue weighted by molar-refractivity contribution is 7.19. The molecular weight excluding hydrogens is 433 g/mol. The quantitative estimate of drug-likeness (QED) is 0.281. The van der Waals surface area contributed by atoms with Gasteiger partial charge in [0.05, 0.1) is 0 Å². The Bertz CT molecular complexity index is 1110. The molecule has 0 spiro atoms. The first-order valence-corrected chi connectivity index (χ1v) is 13.0. The van der Waals surface area contributed by atoms with Crippen molar-refractivity contribution in [2.45, 2.75) is 13.8 Å². The summed E-state index contributed by atoms with van der Waals surface area (Å²) < 4.78 is 0. The molecule has 5 aromatic rings. The van der Waals surface area contributed by atoms with E-state index in [1.165, 1.54) is 27.5 Å². The van der Waals surface area contributed by atoms with E-state index in [-0.39, 0.29) is 0 Å². The number of hydrogen-bond acceptors (Lipinski definition) is 1. The molecule has 0 aliphatic carbocycles. The molecule has 5 aromatic carbocycles. The van der Waals surface area contributed by atoms with Gasteiger partial charge in [-0.3, -0.25) is 0 Å². The predicted octanol–water partition coefficient (Wildman–Crippen LogP) is 5.60. The number of rotatable bonds is 7. The molecule has 0 saturated carbocycles. The molecule has 0 fully saturated rings. The van der Waals surface area contributed by atoms with Gasteiger partial charge in [-0.25, -0.2) is 0 Å². The monoisotopic (exact) mass is 468 g/mol. The Balaban J connectivity index is 0.000000233. The van der Waals surface area contributed by atoms with Gasteiger partial charge < -0.3 is 4.90 Å². The fraction of sp³-hybridized carbons (Fsp3) is 0.118. The number of para-hydroxylation sites is 1. The van der Waals surface area contributed by atoms with Gasteiger partial charge in [0.2, 0.25) is 0 Å². The van der Waals surface area contributed by atoms with Crippen molar-refractivity contribution in [1.29, 1.82) is 0 Å². The molecular formula is C34H35BN-. The van der Waals surface area contributed by atoms with Crippen LogP contribution in [0.2, 0.25) is 0 Å². The van der Waals surface area contributed by atoms with Crippen molar-refractivity contribution < 1.29 is 0 Å². The Labute approximate surface area is 217 Å². The Morgan fingerprint density at radius 3 is 0.889 bits per heavy atom. The lowest BCUT2D eigenvalue weighted by Gasteiger charge is -2.44. The second-order valence-corrected chi connectivity index (χ2v) is 9.02. The van der Waals surface area contributed by atoms with Crippen LogP contribution >= 0.6 is 0 Å². The Kier molecular flexibility index (Phi) is 8.78. The zero-order valence-electron chi connectivity index (χ0n) is 21.4. The molecule has 180 valence electrons. The zero-order chi connectivity index (χ0) is 25.1. The lowest BCUT2D eigenvalue weighted by molar-refractivity contribution is 0.866. The predicted molar refractivity (Wildman–Crippen MR) is 160 cm³/mol. The Morgan fingerprint density at radius 2 is 0.639 bits per heavy atom. The molecule has 36 heavy (non-hydrogen) atoms. The van der Waals surface area contributed by atoms with Crippen molar-refractivity contribution in [3.63, 3.8) is 0 Å². The number of anilines is 1. The number of benzene rings is 5. The molecule has 0 unspecified atom stereocenters. The first-order chi connectivity index (χ1) is 17.8. The lowest BCUT2D eigenvalue weighted by Crippen LogP contribution is -2.74. The molecule has 0 amide bonds. The third-order valence-electron chi connectivity index (χ3n) is 7.08. The van der Waals surface area contributed by atoms with Gasteiger partial charge in [-0.15, -0.1) is 0 Å². The van der Waals surface area contributed by atoms with Crippen LogP contribution in [-0.2, 0) is 0 Å².